The molecule has 0 bridgehead atoms. The lowest BCUT2D eigenvalue weighted by Gasteiger charge is -2.19. The van der Waals surface area contributed by atoms with Crippen LogP contribution in [-0.4, -0.2) is 46.0 Å². The molecule has 0 fully saturated rings. The largest absolute Gasteiger partial charge is 0.491 e. The zero-order valence-electron chi connectivity index (χ0n) is 13.9. The van der Waals surface area contributed by atoms with Crippen LogP contribution >= 0.6 is 0 Å². The van der Waals surface area contributed by atoms with E-state index in [1.807, 2.05) is 19.1 Å². The number of aliphatic hydroxyl groups is 1. The van der Waals surface area contributed by atoms with Gasteiger partial charge >= 0.3 is 0 Å². The first-order valence-corrected chi connectivity index (χ1v) is 7.90. The number of benzene rings is 2. The molecule has 0 saturated carbocycles. The van der Waals surface area contributed by atoms with Crippen LogP contribution < -0.4 is 4.74 Å². The number of fused-ring (bicyclic) bond motifs is 1. The van der Waals surface area contributed by atoms with Crippen LogP contribution in [-0.2, 0) is 0 Å². The fraction of sp³-hybridized carbons (Fsp3) is 0.222. The van der Waals surface area contributed by atoms with Crippen LogP contribution in [0.4, 0.5) is 5.69 Å². The summed E-state index contributed by atoms with van der Waals surface area (Å²) in [6.45, 7) is 1.42. The molecule has 2 amide bonds. The number of rotatable bonds is 6. The third kappa shape index (κ3) is 3.14. The minimum Gasteiger partial charge on any atom is -0.491 e. The number of ether oxygens (including phenoxy) is 1. The number of hydrogen-bond donors (Lipinski definition) is 1. The van der Waals surface area contributed by atoms with Crippen LogP contribution in [0.3, 0.4) is 0 Å². The summed E-state index contributed by atoms with van der Waals surface area (Å²) in [6, 6.07) is 11.1. The summed E-state index contributed by atoms with van der Waals surface area (Å²) in [6.07, 6.45) is -1.13. The van der Waals surface area contributed by atoms with E-state index in [4.69, 9.17) is 4.74 Å². The molecule has 0 aliphatic carbocycles. The number of aliphatic hydroxyl groups excluding tert-OH is 1. The molecule has 3 rings (SSSR count). The number of para-hydroxylation sites is 1. The van der Waals surface area contributed by atoms with E-state index in [1.165, 1.54) is 18.2 Å². The average molecular weight is 356 g/mol. The SMILES string of the molecule is Cc1ccccc1OC[C@@H](O)CN1C(=O)c2cccc([N+](=O)[O-])c2C1=O. The maximum Gasteiger partial charge on any atom is 0.282 e. The van der Waals surface area contributed by atoms with Gasteiger partial charge in [0.1, 0.15) is 24.0 Å². The summed E-state index contributed by atoms with van der Waals surface area (Å²) >= 11 is 0. The van der Waals surface area contributed by atoms with Crippen LogP contribution in [0, 0.1) is 17.0 Å². The van der Waals surface area contributed by atoms with Crippen molar-refractivity contribution in [2.24, 2.45) is 0 Å². The lowest BCUT2D eigenvalue weighted by Crippen LogP contribution is -2.39. The van der Waals surface area contributed by atoms with Crippen molar-refractivity contribution in [2.45, 2.75) is 13.0 Å². The number of β-amino-alcohol motifs (C(OH)–C–C–N with tert-alkyl or cyclic N) is 1. The van der Waals surface area contributed by atoms with Gasteiger partial charge in [0, 0.05) is 6.07 Å². The molecule has 0 aromatic heterocycles. The summed E-state index contributed by atoms with van der Waals surface area (Å²) in [5.74, 6) is -0.861. The van der Waals surface area contributed by atoms with Crippen LogP contribution in [0.2, 0.25) is 0 Å². The molecule has 1 N–H and O–H groups in total. The number of nitro groups is 1. The van der Waals surface area contributed by atoms with Gasteiger partial charge in [-0.25, -0.2) is 0 Å². The zero-order valence-corrected chi connectivity index (χ0v) is 13.9. The van der Waals surface area contributed by atoms with Crippen molar-refractivity contribution in [3.63, 3.8) is 0 Å². The molecule has 1 atom stereocenters. The predicted molar refractivity (Wildman–Crippen MR) is 91.1 cm³/mol. The van der Waals surface area contributed by atoms with Gasteiger partial charge < -0.3 is 9.84 Å². The molecule has 8 nitrogen and oxygen atoms in total. The normalized spacial score (nSPS) is 14.3. The Morgan fingerprint density at radius 1 is 1.15 bits per heavy atom. The fourth-order valence-electron chi connectivity index (χ4n) is 2.80. The van der Waals surface area contributed by atoms with E-state index in [2.05, 4.69) is 0 Å². The molecule has 26 heavy (non-hydrogen) atoms. The Labute approximate surface area is 148 Å². The van der Waals surface area contributed by atoms with Crippen LogP contribution in [0.15, 0.2) is 42.5 Å². The Morgan fingerprint density at radius 2 is 1.88 bits per heavy atom. The summed E-state index contributed by atoms with van der Waals surface area (Å²) in [7, 11) is 0. The first-order valence-electron chi connectivity index (χ1n) is 7.90. The Kier molecular flexibility index (Phi) is 4.68. The Morgan fingerprint density at radius 3 is 2.58 bits per heavy atom. The van der Waals surface area contributed by atoms with Crippen molar-refractivity contribution in [3.8, 4) is 5.75 Å². The third-order valence-electron chi connectivity index (χ3n) is 4.09. The lowest BCUT2D eigenvalue weighted by atomic mass is 10.1. The van der Waals surface area contributed by atoms with E-state index in [9.17, 15) is 24.8 Å². The minimum absolute atomic E-state index is 0.0313. The first-order chi connectivity index (χ1) is 12.4. The average Bonchev–Trinajstić information content (AvgIpc) is 2.86. The summed E-state index contributed by atoms with van der Waals surface area (Å²) in [5, 5.41) is 21.2. The van der Waals surface area contributed by atoms with Gasteiger partial charge in [-0.3, -0.25) is 24.6 Å². The van der Waals surface area contributed by atoms with Crippen LogP contribution in [0.25, 0.3) is 0 Å². The van der Waals surface area contributed by atoms with Gasteiger partial charge in [-0.05, 0) is 24.6 Å². The van der Waals surface area contributed by atoms with Crippen molar-refractivity contribution < 1.29 is 24.4 Å². The summed E-state index contributed by atoms with van der Waals surface area (Å²) in [5.41, 5.74) is 0.191. The molecule has 1 aliphatic rings. The first kappa shape index (κ1) is 17.6. The number of hydrogen-bond acceptors (Lipinski definition) is 6. The van der Waals surface area contributed by atoms with Gasteiger partial charge in [0.05, 0.1) is 17.0 Å². The quantitative estimate of drug-likeness (QED) is 0.481. The van der Waals surface area contributed by atoms with Crippen molar-refractivity contribution in [2.75, 3.05) is 13.2 Å². The standard InChI is InChI=1S/C18H16N2O6/c1-11-5-2-3-8-15(11)26-10-12(21)9-19-17(22)13-6-4-7-14(20(24)25)16(13)18(19)23/h2-8,12,21H,9-10H2,1H3/t12-/m0/s1. The third-order valence-corrected chi connectivity index (χ3v) is 4.09. The lowest BCUT2D eigenvalue weighted by molar-refractivity contribution is -0.385. The molecular weight excluding hydrogens is 340 g/mol. The van der Waals surface area contributed by atoms with Gasteiger partial charge in [-0.2, -0.15) is 0 Å². The highest BCUT2D eigenvalue weighted by molar-refractivity contribution is 6.23. The Hall–Kier alpha value is -3.26. The van der Waals surface area contributed by atoms with E-state index in [-0.39, 0.29) is 24.3 Å². The molecule has 0 radical (unpaired) electrons. The smallest absolute Gasteiger partial charge is 0.282 e. The molecule has 0 saturated heterocycles. The highest BCUT2D eigenvalue weighted by atomic mass is 16.6. The topological polar surface area (TPSA) is 110 Å². The van der Waals surface area contributed by atoms with Gasteiger partial charge in [-0.1, -0.05) is 24.3 Å². The molecule has 1 heterocycles. The number of carbonyl (C=O) groups is 2. The second kappa shape index (κ2) is 6.93. The maximum atomic E-state index is 12.4. The number of imide groups is 1. The van der Waals surface area contributed by atoms with E-state index < -0.39 is 28.5 Å². The molecule has 2 aromatic rings. The highest BCUT2D eigenvalue weighted by Crippen LogP contribution is 2.30. The Bertz CT molecular complexity index is 895. The van der Waals surface area contributed by atoms with Crippen molar-refractivity contribution >= 4 is 17.5 Å². The summed E-state index contributed by atoms with van der Waals surface area (Å²) in [4.78, 5) is 36.0. The number of amides is 2. The van der Waals surface area contributed by atoms with E-state index >= 15 is 0 Å². The minimum atomic E-state index is -1.13. The molecule has 2 aromatic carbocycles. The number of nitro benzene ring substituents is 1. The van der Waals surface area contributed by atoms with Crippen LogP contribution in [0.5, 0.6) is 5.75 Å². The van der Waals surface area contributed by atoms with E-state index in [0.717, 1.165) is 10.5 Å². The fourth-order valence-corrected chi connectivity index (χ4v) is 2.80. The van der Waals surface area contributed by atoms with Crippen molar-refractivity contribution in [1.82, 2.24) is 4.90 Å². The number of aryl methyl sites for hydroxylation is 1. The molecular formula is C18H16N2O6. The maximum absolute atomic E-state index is 12.4. The van der Waals surface area contributed by atoms with Crippen molar-refractivity contribution in [1.29, 1.82) is 0 Å². The zero-order chi connectivity index (χ0) is 18.8. The molecule has 0 unspecified atom stereocenters. The predicted octanol–water partition coefficient (Wildman–Crippen LogP) is 1.94. The monoisotopic (exact) mass is 356 g/mol. The second-order valence-corrected chi connectivity index (χ2v) is 5.91. The summed E-state index contributed by atoms with van der Waals surface area (Å²) < 4.78 is 5.51. The van der Waals surface area contributed by atoms with Gasteiger partial charge in [0.15, 0.2) is 0 Å². The molecule has 134 valence electrons. The van der Waals surface area contributed by atoms with Crippen molar-refractivity contribution in [3.05, 3.63) is 69.3 Å². The van der Waals surface area contributed by atoms with E-state index in [1.54, 1.807) is 12.1 Å². The Balaban J connectivity index is 1.72. The van der Waals surface area contributed by atoms with Gasteiger partial charge in [0.2, 0.25) is 0 Å². The molecule has 1 aliphatic heterocycles. The highest BCUT2D eigenvalue weighted by Gasteiger charge is 2.41. The van der Waals surface area contributed by atoms with E-state index in [0.29, 0.717) is 5.75 Å². The molecule has 0 spiro atoms. The number of carbonyl (C=O) groups excluding carboxylic acids is 2. The molecule has 8 heteroatoms. The number of nitrogens with zero attached hydrogens (tertiary/aromatic N) is 2. The van der Waals surface area contributed by atoms with Gasteiger partial charge in [-0.15, -0.1) is 0 Å². The van der Waals surface area contributed by atoms with Crippen LogP contribution in [0.1, 0.15) is 26.3 Å². The second-order valence-electron chi connectivity index (χ2n) is 5.91. The van der Waals surface area contributed by atoms with Gasteiger partial charge in [0.25, 0.3) is 17.5 Å².